The van der Waals surface area contributed by atoms with Crippen molar-refractivity contribution >= 4 is 39.2 Å². The summed E-state index contributed by atoms with van der Waals surface area (Å²) in [6.45, 7) is 0. The summed E-state index contributed by atoms with van der Waals surface area (Å²) in [4.78, 5) is 17.0. The normalized spacial score (nSPS) is 10.4. The Morgan fingerprint density at radius 2 is 2.00 bits per heavy atom. The van der Waals surface area contributed by atoms with Crippen LogP contribution < -0.4 is 5.73 Å². The lowest BCUT2D eigenvalue weighted by atomic mass is 10.1. The van der Waals surface area contributed by atoms with Gasteiger partial charge in [0.15, 0.2) is 0 Å². The number of ketones is 1. The Kier molecular flexibility index (Phi) is 4.99. The monoisotopic (exact) mass is 336 g/mol. The highest BCUT2D eigenvalue weighted by Gasteiger charge is 2.07. The van der Waals surface area contributed by atoms with Crippen LogP contribution in [0.15, 0.2) is 52.1 Å². The number of hydrogen-bond acceptors (Lipinski definition) is 4. The summed E-state index contributed by atoms with van der Waals surface area (Å²) in [5.41, 5.74) is 7.21. The maximum Gasteiger partial charge on any atom is 0.147 e. The predicted octanol–water partition coefficient (Wildman–Crippen LogP) is 3.33. The van der Waals surface area contributed by atoms with Gasteiger partial charge in [-0.3, -0.25) is 9.78 Å². The first-order valence-electron chi connectivity index (χ1n) is 5.73. The molecule has 3 nitrogen and oxygen atoms in total. The first-order valence-corrected chi connectivity index (χ1v) is 7.51. The first kappa shape index (κ1) is 14.1. The highest BCUT2D eigenvalue weighted by Crippen LogP contribution is 2.21. The molecule has 5 heteroatoms. The summed E-state index contributed by atoms with van der Waals surface area (Å²) >= 11 is 4.91. The van der Waals surface area contributed by atoms with E-state index in [1.165, 1.54) is 11.8 Å². The van der Waals surface area contributed by atoms with Crippen molar-refractivity contribution < 1.29 is 4.79 Å². The smallest absolute Gasteiger partial charge is 0.147 e. The van der Waals surface area contributed by atoms with Crippen LogP contribution >= 0.6 is 27.7 Å². The molecule has 0 saturated heterocycles. The molecule has 0 aliphatic heterocycles. The lowest BCUT2D eigenvalue weighted by Crippen LogP contribution is -2.08. The Morgan fingerprint density at radius 3 is 2.68 bits per heavy atom. The third-order valence-corrected chi connectivity index (χ3v) is 4.14. The van der Waals surface area contributed by atoms with Gasteiger partial charge >= 0.3 is 0 Å². The van der Waals surface area contributed by atoms with E-state index in [0.717, 1.165) is 14.9 Å². The number of Topliss-reactive ketones (excluding diaryl/α,β-unsaturated/α-hetero) is 1. The van der Waals surface area contributed by atoms with Gasteiger partial charge in [-0.05, 0) is 30.3 Å². The maximum absolute atomic E-state index is 11.9. The molecular weight excluding hydrogens is 324 g/mol. The second kappa shape index (κ2) is 6.73. The van der Waals surface area contributed by atoms with Gasteiger partial charge < -0.3 is 5.73 Å². The van der Waals surface area contributed by atoms with E-state index >= 15 is 0 Å². The molecule has 0 radical (unpaired) electrons. The zero-order chi connectivity index (χ0) is 13.7. The van der Waals surface area contributed by atoms with Crippen molar-refractivity contribution in [3.8, 4) is 0 Å². The molecule has 2 aromatic rings. The summed E-state index contributed by atoms with van der Waals surface area (Å²) in [6, 6.07) is 9.61. The number of aromatic nitrogens is 1. The van der Waals surface area contributed by atoms with Gasteiger partial charge in [-0.15, -0.1) is 11.8 Å². The average Bonchev–Trinajstić information content (AvgIpc) is 2.41. The first-order chi connectivity index (χ1) is 9.15. The number of nitrogens with zero attached hydrogens (tertiary/aromatic N) is 1. The summed E-state index contributed by atoms with van der Waals surface area (Å²) in [6.07, 6.45) is 3.61. The van der Waals surface area contributed by atoms with E-state index in [1.807, 2.05) is 24.3 Å². The minimum Gasteiger partial charge on any atom is -0.398 e. The molecule has 0 aliphatic carbocycles. The second-order valence-electron chi connectivity index (χ2n) is 4.03. The number of pyridine rings is 1. The zero-order valence-electron chi connectivity index (χ0n) is 10.2. The lowest BCUT2D eigenvalue weighted by molar-refractivity contribution is -0.116. The number of carbonyl (C=O) groups excluding carboxylic acids is 1. The van der Waals surface area contributed by atoms with Gasteiger partial charge in [0.25, 0.3) is 0 Å². The number of nitrogen functional groups attached to an aromatic ring is 1. The SMILES string of the molecule is Nc1ccncc1CC(=O)CSc1ccc(Br)cc1. The summed E-state index contributed by atoms with van der Waals surface area (Å²) in [7, 11) is 0. The van der Waals surface area contributed by atoms with Gasteiger partial charge in [-0.1, -0.05) is 15.9 Å². The van der Waals surface area contributed by atoms with Crippen molar-refractivity contribution in [2.75, 3.05) is 11.5 Å². The number of thioether (sulfide) groups is 1. The number of carbonyl (C=O) groups is 1. The van der Waals surface area contributed by atoms with Crippen molar-refractivity contribution in [1.29, 1.82) is 0 Å². The third kappa shape index (κ3) is 4.36. The predicted molar refractivity (Wildman–Crippen MR) is 82.2 cm³/mol. The van der Waals surface area contributed by atoms with E-state index in [2.05, 4.69) is 20.9 Å². The maximum atomic E-state index is 11.9. The number of nitrogens with two attached hydrogens (primary N) is 1. The fraction of sp³-hybridized carbons (Fsp3) is 0.143. The van der Waals surface area contributed by atoms with Gasteiger partial charge in [0.05, 0.1) is 5.75 Å². The van der Waals surface area contributed by atoms with Crippen molar-refractivity contribution in [1.82, 2.24) is 4.98 Å². The molecule has 0 fully saturated rings. The van der Waals surface area contributed by atoms with Crippen LogP contribution in [0.2, 0.25) is 0 Å². The standard InChI is InChI=1S/C14H13BrN2OS/c15-11-1-3-13(4-2-11)19-9-12(18)7-10-8-17-6-5-14(10)16/h1-6,8H,7,9H2,(H2,16,17). The highest BCUT2D eigenvalue weighted by atomic mass is 79.9. The van der Waals surface area contributed by atoms with Crippen LogP contribution in [0, 0.1) is 0 Å². The lowest BCUT2D eigenvalue weighted by Gasteiger charge is -2.04. The van der Waals surface area contributed by atoms with Gasteiger partial charge in [0.2, 0.25) is 0 Å². The van der Waals surface area contributed by atoms with E-state index < -0.39 is 0 Å². The van der Waals surface area contributed by atoms with Gasteiger partial charge in [-0.25, -0.2) is 0 Å². The molecule has 1 aromatic carbocycles. The fourth-order valence-corrected chi connectivity index (χ4v) is 2.57. The van der Waals surface area contributed by atoms with E-state index in [0.29, 0.717) is 17.9 Å². The molecule has 0 unspecified atom stereocenters. The van der Waals surface area contributed by atoms with Crippen LogP contribution in [-0.2, 0) is 11.2 Å². The number of anilines is 1. The summed E-state index contributed by atoms with van der Waals surface area (Å²) < 4.78 is 1.03. The Bertz CT molecular complexity index is 572. The van der Waals surface area contributed by atoms with E-state index in [9.17, 15) is 4.79 Å². The fourth-order valence-electron chi connectivity index (χ4n) is 1.54. The number of benzene rings is 1. The average molecular weight is 337 g/mol. The van der Waals surface area contributed by atoms with E-state index in [1.54, 1.807) is 18.5 Å². The summed E-state index contributed by atoms with van der Waals surface area (Å²) in [5, 5.41) is 0. The minimum absolute atomic E-state index is 0.146. The zero-order valence-corrected chi connectivity index (χ0v) is 12.6. The van der Waals surface area contributed by atoms with Crippen LogP contribution in [0.1, 0.15) is 5.56 Å². The van der Waals surface area contributed by atoms with Crippen LogP contribution in [0.3, 0.4) is 0 Å². The van der Waals surface area contributed by atoms with E-state index in [4.69, 9.17) is 5.73 Å². The number of rotatable bonds is 5. The molecule has 0 aliphatic rings. The van der Waals surface area contributed by atoms with Crippen molar-refractivity contribution in [3.63, 3.8) is 0 Å². The van der Waals surface area contributed by atoms with Crippen molar-refractivity contribution in [2.24, 2.45) is 0 Å². The van der Waals surface area contributed by atoms with Crippen molar-refractivity contribution in [3.05, 3.63) is 52.8 Å². The molecule has 19 heavy (non-hydrogen) atoms. The van der Waals surface area contributed by atoms with Gasteiger partial charge in [0.1, 0.15) is 5.78 Å². The van der Waals surface area contributed by atoms with Gasteiger partial charge in [-0.2, -0.15) is 0 Å². The van der Waals surface area contributed by atoms with Crippen molar-refractivity contribution in [2.45, 2.75) is 11.3 Å². The molecule has 2 N–H and O–H groups in total. The largest absolute Gasteiger partial charge is 0.398 e. The molecule has 1 heterocycles. The number of hydrogen-bond donors (Lipinski definition) is 1. The molecule has 1 aromatic heterocycles. The Morgan fingerprint density at radius 1 is 1.26 bits per heavy atom. The van der Waals surface area contributed by atoms with Gasteiger partial charge in [0, 0.05) is 39.4 Å². The Balaban J connectivity index is 1.88. The summed E-state index contributed by atoms with van der Waals surface area (Å²) in [5.74, 6) is 0.586. The Hall–Kier alpha value is -1.33. The minimum atomic E-state index is 0.146. The molecule has 0 amide bonds. The van der Waals surface area contributed by atoms with Crippen LogP contribution in [0.4, 0.5) is 5.69 Å². The topological polar surface area (TPSA) is 56.0 Å². The Labute approximate surface area is 124 Å². The molecule has 0 atom stereocenters. The quantitative estimate of drug-likeness (QED) is 0.851. The van der Waals surface area contributed by atoms with Crippen LogP contribution in [0.5, 0.6) is 0 Å². The molecule has 0 bridgehead atoms. The third-order valence-electron chi connectivity index (χ3n) is 2.54. The molecule has 98 valence electrons. The highest BCUT2D eigenvalue weighted by molar-refractivity contribution is 9.10. The van der Waals surface area contributed by atoms with Crippen LogP contribution in [0.25, 0.3) is 0 Å². The second-order valence-corrected chi connectivity index (χ2v) is 6.00. The molecule has 0 spiro atoms. The molecule has 0 saturated carbocycles. The number of halogens is 1. The molecule has 2 rings (SSSR count). The molecular formula is C14H13BrN2OS. The van der Waals surface area contributed by atoms with Crippen LogP contribution in [-0.4, -0.2) is 16.5 Å². The van der Waals surface area contributed by atoms with E-state index in [-0.39, 0.29) is 5.78 Å².